The van der Waals surface area contributed by atoms with Gasteiger partial charge in [-0.15, -0.1) is 9.13 Å². The highest BCUT2D eigenvalue weighted by Gasteiger charge is 2.73. The number of pyridine rings is 2. The molecule has 2 aromatic heterocycles. The summed E-state index contributed by atoms with van der Waals surface area (Å²) in [5.41, 5.74) is 18.2. The molecule has 2 heteroatoms. The first-order chi connectivity index (χ1) is 22.1. The Labute approximate surface area is 271 Å². The molecule has 0 saturated carbocycles. The molecule has 4 heterocycles. The van der Waals surface area contributed by atoms with Crippen molar-refractivity contribution < 1.29 is 9.13 Å². The Morgan fingerprint density at radius 2 is 0.826 bits per heavy atom. The normalized spacial score (nSPS) is 16.4. The van der Waals surface area contributed by atoms with E-state index in [2.05, 4.69) is 172 Å². The van der Waals surface area contributed by atoms with E-state index in [-0.39, 0.29) is 10.8 Å². The highest BCUT2D eigenvalue weighted by atomic mass is 15.3. The van der Waals surface area contributed by atoms with Gasteiger partial charge in [0.15, 0.2) is 12.4 Å². The molecule has 46 heavy (non-hydrogen) atoms. The number of hydrogen-bond acceptors (Lipinski definition) is 0. The van der Waals surface area contributed by atoms with Crippen LogP contribution in [0.15, 0.2) is 122 Å². The molecule has 2 aliphatic carbocycles. The number of nitrogens with zero attached hydrogens (tertiary/aromatic N) is 2. The van der Waals surface area contributed by atoms with Gasteiger partial charge in [-0.2, -0.15) is 0 Å². The minimum absolute atomic E-state index is 0.0409. The molecule has 0 radical (unpaired) electrons. The van der Waals surface area contributed by atoms with Crippen LogP contribution in [-0.4, -0.2) is 0 Å². The Hall–Kier alpha value is -4.82. The zero-order valence-electron chi connectivity index (χ0n) is 27.4. The summed E-state index contributed by atoms with van der Waals surface area (Å²) < 4.78 is 5.21. The Morgan fingerprint density at radius 3 is 1.26 bits per heavy atom. The van der Waals surface area contributed by atoms with E-state index >= 15 is 0 Å². The minimum atomic E-state index is -0.521. The van der Waals surface area contributed by atoms with Gasteiger partial charge in [-0.1, -0.05) is 114 Å². The van der Waals surface area contributed by atoms with E-state index in [0.29, 0.717) is 0 Å². The molecule has 0 saturated heterocycles. The Morgan fingerprint density at radius 1 is 0.435 bits per heavy atom. The van der Waals surface area contributed by atoms with Crippen molar-refractivity contribution in [3.63, 3.8) is 0 Å². The van der Waals surface area contributed by atoms with Crippen LogP contribution in [0.4, 0.5) is 0 Å². The molecule has 4 aromatic carbocycles. The number of aromatic nitrogens is 2. The fourth-order valence-corrected chi connectivity index (χ4v) is 9.50. The van der Waals surface area contributed by atoms with Gasteiger partial charge in [0.05, 0.1) is 16.5 Å². The quantitative estimate of drug-likeness (QED) is 0.155. The topological polar surface area (TPSA) is 7.76 Å². The fraction of sp³-hybridized carbons (Fsp3) is 0.227. The van der Waals surface area contributed by atoms with Crippen molar-refractivity contribution in [2.24, 2.45) is 0 Å². The average Bonchev–Trinajstić information content (AvgIpc) is 3.63. The van der Waals surface area contributed by atoms with Crippen molar-refractivity contribution in [1.29, 1.82) is 0 Å². The molecule has 0 unspecified atom stereocenters. The van der Waals surface area contributed by atoms with Gasteiger partial charge < -0.3 is 0 Å². The average molecular weight is 595 g/mol. The third-order valence-electron chi connectivity index (χ3n) is 11.5. The number of hydrogen-bond donors (Lipinski definition) is 0. The fourth-order valence-electron chi connectivity index (χ4n) is 9.50. The van der Waals surface area contributed by atoms with Crippen LogP contribution >= 0.6 is 0 Å². The van der Waals surface area contributed by atoms with Crippen molar-refractivity contribution in [3.8, 4) is 33.6 Å². The summed E-state index contributed by atoms with van der Waals surface area (Å²) in [5.74, 6) is 0. The molecule has 6 aromatic rings. The van der Waals surface area contributed by atoms with Gasteiger partial charge in [-0.05, 0) is 67.5 Å². The smallest absolute Gasteiger partial charge is 0.125 e. The molecule has 0 amide bonds. The first kappa shape index (κ1) is 26.4. The van der Waals surface area contributed by atoms with Crippen molar-refractivity contribution >= 4 is 0 Å². The Kier molecular flexibility index (Phi) is 4.66. The molecule has 4 aliphatic rings. The van der Waals surface area contributed by atoms with Gasteiger partial charge >= 0.3 is 5.66 Å². The van der Waals surface area contributed by atoms with Crippen LogP contribution in [0.5, 0.6) is 0 Å². The summed E-state index contributed by atoms with van der Waals surface area (Å²) in [5, 5.41) is 0. The zero-order valence-corrected chi connectivity index (χ0v) is 27.4. The summed E-state index contributed by atoms with van der Waals surface area (Å²) in [6.45, 7) is 13.9. The van der Waals surface area contributed by atoms with Crippen LogP contribution in [-0.2, 0) is 21.9 Å². The number of rotatable bonds is 0. The van der Waals surface area contributed by atoms with E-state index in [4.69, 9.17) is 0 Å². The second-order valence-electron chi connectivity index (χ2n) is 15.8. The van der Waals surface area contributed by atoms with Crippen LogP contribution in [0.1, 0.15) is 86.1 Å². The maximum Gasteiger partial charge on any atom is 0.418 e. The lowest BCUT2D eigenvalue weighted by Gasteiger charge is -2.41. The molecular weight excluding hydrogens is 556 g/mol. The molecule has 222 valence electrons. The van der Waals surface area contributed by atoms with Gasteiger partial charge in [0.25, 0.3) is 0 Å². The van der Waals surface area contributed by atoms with Crippen LogP contribution < -0.4 is 9.13 Å². The van der Waals surface area contributed by atoms with Crippen LogP contribution in [0.25, 0.3) is 33.6 Å². The number of benzene rings is 4. The molecule has 0 bridgehead atoms. The van der Waals surface area contributed by atoms with E-state index in [1.165, 1.54) is 78.1 Å². The lowest BCUT2D eigenvalue weighted by molar-refractivity contribution is -0.955. The molecular formula is C44H38N2+2. The largest absolute Gasteiger partial charge is 0.418 e. The second-order valence-corrected chi connectivity index (χ2v) is 15.8. The van der Waals surface area contributed by atoms with Gasteiger partial charge in [-0.25, -0.2) is 0 Å². The molecule has 0 fully saturated rings. The van der Waals surface area contributed by atoms with Crippen molar-refractivity contribution in [2.45, 2.75) is 63.5 Å². The second kappa shape index (κ2) is 8.12. The van der Waals surface area contributed by atoms with E-state index in [1.807, 2.05) is 0 Å². The maximum absolute atomic E-state index is 2.60. The van der Waals surface area contributed by atoms with E-state index < -0.39 is 11.1 Å². The van der Waals surface area contributed by atoms with Crippen molar-refractivity contribution in [2.75, 3.05) is 0 Å². The predicted octanol–water partition coefficient (Wildman–Crippen LogP) is 8.79. The van der Waals surface area contributed by atoms with Crippen molar-refractivity contribution in [3.05, 3.63) is 166 Å². The molecule has 0 atom stereocenters. The Bertz CT molecular complexity index is 2180. The zero-order chi connectivity index (χ0) is 31.4. The minimum Gasteiger partial charge on any atom is -0.125 e. The van der Waals surface area contributed by atoms with Gasteiger partial charge in [0.2, 0.25) is 11.4 Å². The van der Waals surface area contributed by atoms with Crippen molar-refractivity contribution in [1.82, 2.24) is 0 Å². The van der Waals surface area contributed by atoms with Crippen LogP contribution in [0.2, 0.25) is 0 Å². The summed E-state index contributed by atoms with van der Waals surface area (Å²) >= 11 is 0. The van der Waals surface area contributed by atoms with Crippen LogP contribution in [0, 0.1) is 0 Å². The summed E-state index contributed by atoms with van der Waals surface area (Å²) in [6, 6.07) is 42.2. The molecule has 0 N–H and O–H groups in total. The lowest BCUT2D eigenvalue weighted by Crippen LogP contribution is -2.73. The standard InChI is InChI=1S/C44H38N2/c1-41(2,3)27-21-23-45-37(25-27)31-15-11-19-35-39(31)44(45)40-32(38-26-28(42(4,5)6)22-24-46(38)44)16-12-20-36(40)43(35)33-17-9-7-13-29(33)30-14-8-10-18-34(30)43/h7-26H,1-6H3/q+2. The highest BCUT2D eigenvalue weighted by molar-refractivity contribution is 5.91. The molecule has 2 nitrogen and oxygen atoms in total. The SMILES string of the molecule is CC(C)(C)c1cc[n+]2c(c1)-c1cccc3c1C21c2c(cccc2C32c3ccccc3-c3ccccc32)-c2cc(C(C)(C)C)cc[n+]21. The molecule has 10 rings (SSSR count). The van der Waals surface area contributed by atoms with E-state index in [9.17, 15) is 0 Å². The first-order valence-corrected chi connectivity index (χ1v) is 16.7. The number of fused-ring (bicyclic) bond motifs is 11. The Balaban J connectivity index is 1.45. The monoisotopic (exact) mass is 594 g/mol. The van der Waals surface area contributed by atoms with Gasteiger partial charge in [-0.3, -0.25) is 0 Å². The predicted molar refractivity (Wildman–Crippen MR) is 184 cm³/mol. The lowest BCUT2D eigenvalue weighted by atomic mass is 9.58. The summed E-state index contributed by atoms with van der Waals surface area (Å²) in [4.78, 5) is 0. The third-order valence-corrected chi connectivity index (χ3v) is 11.5. The summed E-state index contributed by atoms with van der Waals surface area (Å²) in [6.07, 6.45) is 4.77. The van der Waals surface area contributed by atoms with Crippen LogP contribution in [0.3, 0.4) is 0 Å². The summed E-state index contributed by atoms with van der Waals surface area (Å²) in [7, 11) is 0. The highest BCUT2D eigenvalue weighted by Crippen LogP contribution is 2.65. The van der Waals surface area contributed by atoms with E-state index in [0.717, 1.165) is 0 Å². The van der Waals surface area contributed by atoms with Gasteiger partial charge in [0.1, 0.15) is 11.1 Å². The van der Waals surface area contributed by atoms with E-state index in [1.54, 1.807) is 0 Å². The third kappa shape index (κ3) is 2.79. The van der Waals surface area contributed by atoms with Gasteiger partial charge in [0, 0.05) is 24.3 Å². The maximum atomic E-state index is 2.60. The molecule has 2 spiro atoms. The first-order valence-electron chi connectivity index (χ1n) is 16.7. The molecule has 2 aliphatic heterocycles.